The van der Waals surface area contributed by atoms with Crippen LogP contribution in [0.25, 0.3) is 11.1 Å². The molecule has 4 rings (SSSR count). The van der Waals surface area contributed by atoms with Gasteiger partial charge in [-0.05, 0) is 34.4 Å². The Morgan fingerprint density at radius 2 is 1.42 bits per heavy atom. The first-order chi connectivity index (χ1) is 15.9. The first kappa shape index (κ1) is 22.5. The van der Waals surface area contributed by atoms with Crippen molar-refractivity contribution < 1.29 is 27.9 Å². The molecule has 0 aliphatic heterocycles. The van der Waals surface area contributed by atoms with Crippen molar-refractivity contribution in [2.24, 2.45) is 0 Å². The van der Waals surface area contributed by atoms with Crippen LogP contribution < -0.4 is 10.0 Å². The maximum Gasteiger partial charge on any atom is 0.407 e. The molecule has 8 nitrogen and oxygen atoms in total. The van der Waals surface area contributed by atoms with Gasteiger partial charge in [0.25, 0.3) is 0 Å². The van der Waals surface area contributed by atoms with E-state index in [0.29, 0.717) is 0 Å². The number of hydrogen-bond donors (Lipinski definition) is 3. The number of ether oxygens (including phenoxy) is 1. The number of hydrogen-bond acceptors (Lipinski definition) is 5. The van der Waals surface area contributed by atoms with Gasteiger partial charge in [-0.1, -0.05) is 66.7 Å². The van der Waals surface area contributed by atoms with Gasteiger partial charge in [-0.15, -0.1) is 0 Å². The highest BCUT2D eigenvalue weighted by Gasteiger charge is 2.30. The number of alkyl carbamates (subject to hydrolysis) is 1. The van der Waals surface area contributed by atoms with E-state index in [-0.39, 0.29) is 17.4 Å². The van der Waals surface area contributed by atoms with Gasteiger partial charge in [0.05, 0.1) is 4.90 Å². The third-order valence-electron chi connectivity index (χ3n) is 5.44. The highest BCUT2D eigenvalue weighted by atomic mass is 32.2. The lowest BCUT2D eigenvalue weighted by Crippen LogP contribution is -2.48. The van der Waals surface area contributed by atoms with Crippen molar-refractivity contribution in [3.8, 4) is 11.1 Å². The number of carboxylic acid groups (broad SMARTS) is 1. The number of amides is 1. The molecule has 1 amide bonds. The second-order valence-electron chi connectivity index (χ2n) is 7.53. The van der Waals surface area contributed by atoms with E-state index in [2.05, 4.69) is 10.0 Å². The van der Waals surface area contributed by atoms with Gasteiger partial charge < -0.3 is 15.2 Å². The third kappa shape index (κ3) is 4.89. The monoisotopic (exact) mass is 466 g/mol. The Balaban J connectivity index is 1.37. The number of rotatable bonds is 8. The summed E-state index contributed by atoms with van der Waals surface area (Å²) in [5, 5.41) is 11.7. The lowest BCUT2D eigenvalue weighted by Gasteiger charge is -2.17. The van der Waals surface area contributed by atoms with E-state index in [1.807, 2.05) is 48.5 Å². The van der Waals surface area contributed by atoms with Gasteiger partial charge in [0.15, 0.2) is 0 Å². The van der Waals surface area contributed by atoms with Crippen LogP contribution in [-0.2, 0) is 19.6 Å². The number of nitrogens with one attached hydrogen (secondary N) is 2. The number of carboxylic acids is 1. The van der Waals surface area contributed by atoms with Gasteiger partial charge in [-0.2, -0.15) is 4.72 Å². The van der Waals surface area contributed by atoms with E-state index in [1.165, 1.54) is 24.3 Å². The topological polar surface area (TPSA) is 122 Å². The fourth-order valence-electron chi connectivity index (χ4n) is 3.87. The summed E-state index contributed by atoms with van der Waals surface area (Å²) in [6, 6.07) is 21.6. The summed E-state index contributed by atoms with van der Waals surface area (Å²) in [4.78, 5) is 23.8. The van der Waals surface area contributed by atoms with E-state index in [1.54, 1.807) is 6.07 Å². The number of carbonyl (C=O) groups is 2. The van der Waals surface area contributed by atoms with Crippen molar-refractivity contribution >= 4 is 22.1 Å². The average molecular weight is 467 g/mol. The fraction of sp³-hybridized carbons (Fsp3) is 0.167. The molecule has 0 saturated heterocycles. The minimum absolute atomic E-state index is 0.0628. The summed E-state index contributed by atoms with van der Waals surface area (Å²) >= 11 is 0. The molecule has 1 aliphatic carbocycles. The van der Waals surface area contributed by atoms with Crippen molar-refractivity contribution in [1.82, 2.24) is 10.0 Å². The molecule has 0 bridgehead atoms. The van der Waals surface area contributed by atoms with Gasteiger partial charge >= 0.3 is 12.1 Å². The van der Waals surface area contributed by atoms with E-state index in [4.69, 9.17) is 4.74 Å². The molecule has 1 aliphatic rings. The van der Waals surface area contributed by atoms with Crippen LogP contribution >= 0.6 is 0 Å². The molecule has 9 heteroatoms. The number of fused-ring (bicyclic) bond motifs is 3. The number of aliphatic carboxylic acids is 1. The molecule has 0 unspecified atom stereocenters. The Kier molecular flexibility index (Phi) is 6.43. The molecule has 0 aromatic heterocycles. The van der Waals surface area contributed by atoms with Crippen LogP contribution in [0.3, 0.4) is 0 Å². The average Bonchev–Trinajstić information content (AvgIpc) is 3.14. The van der Waals surface area contributed by atoms with Crippen LogP contribution in [0.1, 0.15) is 17.0 Å². The Labute approximate surface area is 191 Å². The zero-order chi connectivity index (χ0) is 23.4. The highest BCUT2D eigenvalue weighted by molar-refractivity contribution is 7.89. The Morgan fingerprint density at radius 3 is 2.00 bits per heavy atom. The lowest BCUT2D eigenvalue weighted by atomic mass is 9.98. The third-order valence-corrected chi connectivity index (χ3v) is 6.93. The second kappa shape index (κ2) is 9.43. The van der Waals surface area contributed by atoms with Gasteiger partial charge in [-0.25, -0.2) is 13.2 Å². The molecule has 0 saturated carbocycles. The summed E-state index contributed by atoms with van der Waals surface area (Å²) in [6.45, 7) is -0.411. The SMILES string of the molecule is O=C(NC[C@H](NS(=O)(=O)c1ccccc1)C(=O)O)OCC1c2ccccc2-c2ccccc21. The zero-order valence-corrected chi connectivity index (χ0v) is 18.3. The Hall–Kier alpha value is -3.69. The number of carbonyl (C=O) groups excluding carboxylic acids is 1. The Morgan fingerprint density at radius 1 is 0.879 bits per heavy atom. The van der Waals surface area contributed by atoms with Crippen molar-refractivity contribution in [2.75, 3.05) is 13.2 Å². The van der Waals surface area contributed by atoms with E-state index in [0.717, 1.165) is 22.3 Å². The van der Waals surface area contributed by atoms with Crippen LogP contribution in [0.15, 0.2) is 83.8 Å². The molecule has 3 aromatic rings. The quantitative estimate of drug-likeness (QED) is 0.469. The van der Waals surface area contributed by atoms with Crippen molar-refractivity contribution in [3.05, 3.63) is 90.0 Å². The fourth-order valence-corrected chi connectivity index (χ4v) is 5.08. The molecular formula is C24H22N2O6S. The van der Waals surface area contributed by atoms with Crippen LogP contribution in [0, 0.1) is 0 Å². The van der Waals surface area contributed by atoms with E-state index >= 15 is 0 Å². The minimum Gasteiger partial charge on any atom is -0.480 e. The smallest absolute Gasteiger partial charge is 0.407 e. The first-order valence-corrected chi connectivity index (χ1v) is 11.7. The molecule has 1 atom stereocenters. The maximum atomic E-state index is 12.4. The van der Waals surface area contributed by atoms with Crippen LogP contribution in [-0.4, -0.2) is 44.8 Å². The number of sulfonamides is 1. The van der Waals surface area contributed by atoms with Crippen LogP contribution in [0.2, 0.25) is 0 Å². The van der Waals surface area contributed by atoms with Crippen LogP contribution in [0.4, 0.5) is 4.79 Å². The maximum absolute atomic E-state index is 12.4. The van der Waals surface area contributed by atoms with Gasteiger partial charge in [-0.3, -0.25) is 4.79 Å². The molecular weight excluding hydrogens is 444 g/mol. The van der Waals surface area contributed by atoms with Crippen molar-refractivity contribution in [1.29, 1.82) is 0 Å². The van der Waals surface area contributed by atoms with E-state index < -0.39 is 34.7 Å². The molecule has 3 aromatic carbocycles. The minimum atomic E-state index is -4.07. The predicted molar refractivity (Wildman–Crippen MR) is 121 cm³/mol. The Bertz CT molecular complexity index is 1230. The van der Waals surface area contributed by atoms with Crippen molar-refractivity contribution in [3.63, 3.8) is 0 Å². The molecule has 33 heavy (non-hydrogen) atoms. The standard InChI is InChI=1S/C24H22N2O6S/c27-23(28)22(26-33(30,31)16-8-2-1-3-9-16)14-25-24(29)32-15-21-19-12-6-4-10-17(19)18-11-5-7-13-20(18)21/h1-13,21-22,26H,14-15H2,(H,25,29)(H,27,28)/t22-/m0/s1. The van der Waals surface area contributed by atoms with Crippen molar-refractivity contribution in [2.45, 2.75) is 16.9 Å². The second-order valence-corrected chi connectivity index (χ2v) is 9.25. The predicted octanol–water partition coefficient (Wildman–Crippen LogP) is 2.96. The lowest BCUT2D eigenvalue weighted by molar-refractivity contribution is -0.138. The molecule has 0 fully saturated rings. The summed E-state index contributed by atoms with van der Waals surface area (Å²) in [5.74, 6) is -1.57. The molecule has 170 valence electrons. The normalized spacial score (nSPS) is 13.6. The number of benzene rings is 3. The molecule has 0 heterocycles. The molecule has 0 spiro atoms. The van der Waals surface area contributed by atoms with Crippen LogP contribution in [0.5, 0.6) is 0 Å². The first-order valence-electron chi connectivity index (χ1n) is 10.3. The van der Waals surface area contributed by atoms with E-state index in [9.17, 15) is 23.1 Å². The summed E-state index contributed by atoms with van der Waals surface area (Å²) < 4.78 is 32.3. The summed E-state index contributed by atoms with van der Waals surface area (Å²) in [7, 11) is -4.07. The summed E-state index contributed by atoms with van der Waals surface area (Å²) in [5.41, 5.74) is 4.27. The highest BCUT2D eigenvalue weighted by Crippen LogP contribution is 2.44. The van der Waals surface area contributed by atoms with Gasteiger partial charge in [0.1, 0.15) is 12.6 Å². The molecule has 3 N–H and O–H groups in total. The largest absolute Gasteiger partial charge is 0.480 e. The van der Waals surface area contributed by atoms with Gasteiger partial charge in [0.2, 0.25) is 10.0 Å². The zero-order valence-electron chi connectivity index (χ0n) is 17.5. The molecule has 0 radical (unpaired) electrons. The summed E-state index contributed by atoms with van der Waals surface area (Å²) in [6.07, 6.45) is -0.831. The van der Waals surface area contributed by atoms with Gasteiger partial charge in [0, 0.05) is 12.5 Å².